The van der Waals surface area contributed by atoms with Crippen LogP contribution in [0, 0.1) is 18.6 Å². The predicted octanol–water partition coefficient (Wildman–Crippen LogP) is 1.75. The summed E-state index contributed by atoms with van der Waals surface area (Å²) in [4.78, 5) is 11.5. The summed E-state index contributed by atoms with van der Waals surface area (Å²) in [6.45, 7) is 1.59. The molecule has 15 heavy (non-hydrogen) atoms. The first kappa shape index (κ1) is 9.64. The van der Waals surface area contributed by atoms with Gasteiger partial charge in [-0.25, -0.2) is 13.5 Å². The van der Waals surface area contributed by atoms with Gasteiger partial charge in [-0.3, -0.25) is 9.89 Å². The molecule has 1 aromatic heterocycles. The minimum absolute atomic E-state index is 0.117. The van der Waals surface area contributed by atoms with Crippen LogP contribution in [0.25, 0.3) is 5.69 Å². The Morgan fingerprint density at radius 2 is 2.07 bits per heavy atom. The van der Waals surface area contributed by atoms with E-state index in [0.29, 0.717) is 5.56 Å². The lowest BCUT2D eigenvalue weighted by molar-refractivity contribution is 0.585. The molecule has 0 fully saturated rings. The molecular formula is C10H8F2N2O. The van der Waals surface area contributed by atoms with Crippen LogP contribution >= 0.6 is 0 Å². The molecule has 3 nitrogen and oxygen atoms in total. The number of aryl methyl sites for hydroxylation is 1. The lowest BCUT2D eigenvalue weighted by Gasteiger charge is -2.02. The van der Waals surface area contributed by atoms with Crippen LogP contribution in [0.4, 0.5) is 8.78 Å². The second kappa shape index (κ2) is 3.34. The molecule has 0 saturated heterocycles. The molecule has 0 atom stereocenters. The molecule has 1 aromatic carbocycles. The number of nitrogens with one attached hydrogen (secondary N) is 1. The summed E-state index contributed by atoms with van der Waals surface area (Å²) in [5.74, 6) is -1.24. The van der Waals surface area contributed by atoms with Crippen molar-refractivity contribution in [3.8, 4) is 5.69 Å². The van der Waals surface area contributed by atoms with Crippen molar-refractivity contribution in [2.45, 2.75) is 6.92 Å². The number of aromatic nitrogens is 2. The molecule has 78 valence electrons. The molecule has 0 amide bonds. The second-order valence-corrected chi connectivity index (χ2v) is 3.19. The maximum absolute atomic E-state index is 13.3. The molecule has 0 radical (unpaired) electrons. The fourth-order valence-corrected chi connectivity index (χ4v) is 1.29. The Bertz CT molecular complexity index is 557. The van der Waals surface area contributed by atoms with Gasteiger partial charge < -0.3 is 0 Å². The normalized spacial score (nSPS) is 10.6. The first-order valence-electron chi connectivity index (χ1n) is 4.32. The Labute approximate surface area is 84.0 Å². The number of aromatic amines is 1. The molecule has 0 aliphatic carbocycles. The van der Waals surface area contributed by atoms with E-state index in [1.165, 1.54) is 6.20 Å². The molecule has 0 bridgehead atoms. The fourth-order valence-electron chi connectivity index (χ4n) is 1.29. The fraction of sp³-hybridized carbons (Fsp3) is 0.100. The van der Waals surface area contributed by atoms with E-state index in [0.717, 1.165) is 22.9 Å². The van der Waals surface area contributed by atoms with Gasteiger partial charge >= 0.3 is 0 Å². The van der Waals surface area contributed by atoms with Crippen molar-refractivity contribution in [1.82, 2.24) is 9.78 Å². The van der Waals surface area contributed by atoms with Crippen LogP contribution in [0.3, 0.4) is 0 Å². The van der Waals surface area contributed by atoms with Gasteiger partial charge in [-0.2, -0.15) is 0 Å². The van der Waals surface area contributed by atoms with Gasteiger partial charge in [0.15, 0.2) is 0 Å². The first-order chi connectivity index (χ1) is 7.09. The van der Waals surface area contributed by atoms with Gasteiger partial charge in [0, 0.05) is 17.8 Å². The Morgan fingerprint density at radius 3 is 2.67 bits per heavy atom. The van der Waals surface area contributed by atoms with E-state index >= 15 is 0 Å². The molecule has 0 aliphatic heterocycles. The maximum atomic E-state index is 13.3. The summed E-state index contributed by atoms with van der Waals surface area (Å²) in [6.07, 6.45) is 1.44. The molecule has 0 aliphatic rings. The number of rotatable bonds is 1. The highest BCUT2D eigenvalue weighted by atomic mass is 19.1. The number of H-pyrrole nitrogens is 1. The number of hydrogen-bond acceptors (Lipinski definition) is 1. The first-order valence-corrected chi connectivity index (χ1v) is 4.32. The summed E-state index contributed by atoms with van der Waals surface area (Å²) in [5.41, 5.74) is -0.0636. The highest BCUT2D eigenvalue weighted by Crippen LogP contribution is 2.12. The van der Waals surface area contributed by atoms with E-state index in [1.54, 1.807) is 6.92 Å². The highest BCUT2D eigenvalue weighted by Gasteiger charge is 2.09. The molecule has 0 spiro atoms. The number of nitrogens with zero attached hydrogens (tertiary/aromatic N) is 1. The van der Waals surface area contributed by atoms with Crippen LogP contribution in [0.5, 0.6) is 0 Å². The number of halogens is 2. The van der Waals surface area contributed by atoms with E-state index in [4.69, 9.17) is 0 Å². The average molecular weight is 210 g/mol. The molecule has 5 heteroatoms. The van der Waals surface area contributed by atoms with Gasteiger partial charge in [-0.1, -0.05) is 0 Å². The summed E-state index contributed by atoms with van der Waals surface area (Å²) in [5, 5.41) is 2.56. The van der Waals surface area contributed by atoms with Gasteiger partial charge in [0.2, 0.25) is 0 Å². The van der Waals surface area contributed by atoms with Gasteiger partial charge in [0.25, 0.3) is 5.56 Å². The minimum atomic E-state index is -0.652. The number of hydrogen-bond donors (Lipinski definition) is 1. The van der Waals surface area contributed by atoms with Crippen molar-refractivity contribution in [3.05, 3.63) is 51.9 Å². The van der Waals surface area contributed by atoms with Crippen LogP contribution in [0.1, 0.15) is 5.56 Å². The topological polar surface area (TPSA) is 37.8 Å². The lowest BCUT2D eigenvalue weighted by atomic mass is 10.3. The average Bonchev–Trinajstić information content (AvgIpc) is 2.52. The van der Waals surface area contributed by atoms with E-state index < -0.39 is 11.6 Å². The van der Waals surface area contributed by atoms with Crippen LogP contribution in [-0.2, 0) is 0 Å². The van der Waals surface area contributed by atoms with Crippen molar-refractivity contribution in [3.63, 3.8) is 0 Å². The Kier molecular flexibility index (Phi) is 2.15. The molecule has 1 N–H and O–H groups in total. The van der Waals surface area contributed by atoms with E-state index in [9.17, 15) is 13.6 Å². The van der Waals surface area contributed by atoms with Gasteiger partial charge in [0.1, 0.15) is 17.3 Å². The zero-order valence-corrected chi connectivity index (χ0v) is 7.92. The molecule has 0 saturated carbocycles. The van der Waals surface area contributed by atoms with Crippen LogP contribution in [-0.4, -0.2) is 9.78 Å². The molecular weight excluding hydrogens is 202 g/mol. The van der Waals surface area contributed by atoms with E-state index in [-0.39, 0.29) is 11.2 Å². The van der Waals surface area contributed by atoms with Gasteiger partial charge in [-0.15, -0.1) is 0 Å². The van der Waals surface area contributed by atoms with E-state index in [2.05, 4.69) is 5.10 Å². The predicted molar refractivity (Wildman–Crippen MR) is 51.0 cm³/mol. The van der Waals surface area contributed by atoms with Crippen molar-refractivity contribution >= 4 is 0 Å². The summed E-state index contributed by atoms with van der Waals surface area (Å²) in [6, 6.07) is 2.94. The van der Waals surface area contributed by atoms with Crippen LogP contribution < -0.4 is 5.56 Å². The van der Waals surface area contributed by atoms with Gasteiger partial charge in [-0.05, 0) is 19.1 Å². The zero-order chi connectivity index (χ0) is 11.0. The minimum Gasteiger partial charge on any atom is -0.298 e. The molecule has 0 unspecified atom stereocenters. The summed E-state index contributed by atoms with van der Waals surface area (Å²) >= 11 is 0. The molecule has 2 aromatic rings. The molecule has 1 heterocycles. The summed E-state index contributed by atoms with van der Waals surface area (Å²) in [7, 11) is 0. The monoisotopic (exact) mass is 210 g/mol. The Morgan fingerprint density at radius 1 is 1.33 bits per heavy atom. The quantitative estimate of drug-likeness (QED) is 0.765. The standard InChI is InChI=1S/C10H8F2N2O/c1-6-5-13-14(10(6)15)9-4-7(11)2-3-8(9)12/h2-5,13H,1H3. The smallest absolute Gasteiger partial charge is 0.274 e. The van der Waals surface area contributed by atoms with Crippen molar-refractivity contribution in [2.75, 3.05) is 0 Å². The molecule has 2 rings (SSSR count). The number of benzene rings is 1. The van der Waals surface area contributed by atoms with Crippen LogP contribution in [0.15, 0.2) is 29.2 Å². The van der Waals surface area contributed by atoms with Crippen LogP contribution in [0.2, 0.25) is 0 Å². The maximum Gasteiger partial charge on any atom is 0.274 e. The highest BCUT2D eigenvalue weighted by molar-refractivity contribution is 5.33. The Hall–Kier alpha value is -1.91. The third-order valence-electron chi connectivity index (χ3n) is 2.10. The second-order valence-electron chi connectivity index (χ2n) is 3.19. The third-order valence-corrected chi connectivity index (χ3v) is 2.10. The van der Waals surface area contributed by atoms with E-state index in [1.807, 2.05) is 0 Å². The van der Waals surface area contributed by atoms with Crippen molar-refractivity contribution < 1.29 is 8.78 Å². The zero-order valence-electron chi connectivity index (χ0n) is 7.92. The summed E-state index contributed by atoms with van der Waals surface area (Å²) < 4.78 is 27.1. The van der Waals surface area contributed by atoms with Gasteiger partial charge in [0.05, 0.1) is 0 Å². The SMILES string of the molecule is Cc1c[nH]n(-c2cc(F)ccc2F)c1=O. The van der Waals surface area contributed by atoms with Crippen molar-refractivity contribution in [2.24, 2.45) is 0 Å². The largest absolute Gasteiger partial charge is 0.298 e. The van der Waals surface area contributed by atoms with Crippen molar-refractivity contribution in [1.29, 1.82) is 0 Å². The third kappa shape index (κ3) is 1.56. The Balaban J connectivity index is 2.69. The lowest BCUT2D eigenvalue weighted by Crippen LogP contribution is -2.17.